The molecule has 6 aliphatic rings. The van der Waals surface area contributed by atoms with Gasteiger partial charge in [0.05, 0.1) is 45.0 Å². The molecule has 44 heavy (non-hydrogen) atoms. The number of hydrogen-bond acceptors (Lipinski definition) is 14. The second-order valence-electron chi connectivity index (χ2n) is 9.39. The number of benzene rings is 2. The highest BCUT2D eigenvalue weighted by Gasteiger charge is 2.35. The van der Waals surface area contributed by atoms with E-state index in [0.29, 0.717) is 19.6 Å². The Morgan fingerprint density at radius 3 is 1.14 bits per heavy atom. The summed E-state index contributed by atoms with van der Waals surface area (Å²) in [6.07, 6.45) is 9.65. The van der Waals surface area contributed by atoms with Crippen LogP contribution in [0.15, 0.2) is 94.9 Å². The SMILES string of the molecule is CSC1=C(SC)SC(=C2Sc3cc4c(=C5SC6=C(S5)C(=O)C=CC6=O)ccc(=C5SC6=C(S5)C(=O)C=CC6=O)c4cc3S2)S1. The van der Waals surface area contributed by atoms with Crippen molar-refractivity contribution in [1.29, 1.82) is 0 Å². The number of carbonyl (C=O) groups is 4. The Kier molecular flexibility index (Phi) is 8.25. The van der Waals surface area contributed by atoms with E-state index in [1.165, 1.54) is 88.3 Å². The van der Waals surface area contributed by atoms with Gasteiger partial charge in [-0.25, -0.2) is 0 Å². The maximum Gasteiger partial charge on any atom is 0.193 e. The zero-order valence-corrected chi connectivity index (χ0v) is 30.5. The van der Waals surface area contributed by atoms with Gasteiger partial charge in [0.25, 0.3) is 0 Å². The molecule has 0 radical (unpaired) electrons. The summed E-state index contributed by atoms with van der Waals surface area (Å²) in [5.74, 6) is -0.554. The molecule has 0 aromatic heterocycles. The van der Waals surface area contributed by atoms with Gasteiger partial charge >= 0.3 is 0 Å². The van der Waals surface area contributed by atoms with Crippen LogP contribution in [0.25, 0.3) is 19.2 Å². The van der Waals surface area contributed by atoms with E-state index >= 15 is 0 Å². The molecule has 4 aliphatic heterocycles. The summed E-state index contributed by atoms with van der Waals surface area (Å²) in [5.41, 5.74) is 0. The molecule has 0 N–H and O–H groups in total. The van der Waals surface area contributed by atoms with E-state index in [9.17, 15) is 19.2 Å². The predicted molar refractivity (Wildman–Crippen MR) is 201 cm³/mol. The van der Waals surface area contributed by atoms with Gasteiger partial charge in [0, 0.05) is 20.2 Å². The second-order valence-corrected chi connectivity index (χ2v) is 20.8. The Morgan fingerprint density at radius 1 is 0.455 bits per heavy atom. The van der Waals surface area contributed by atoms with Crippen LogP contribution < -0.4 is 10.4 Å². The summed E-state index contributed by atoms with van der Waals surface area (Å²) in [6.45, 7) is 0. The van der Waals surface area contributed by atoms with Crippen molar-refractivity contribution in [1.82, 2.24) is 0 Å². The third-order valence-electron chi connectivity index (χ3n) is 6.86. The van der Waals surface area contributed by atoms with Crippen LogP contribution in [0.1, 0.15) is 0 Å². The van der Waals surface area contributed by atoms with E-state index in [-0.39, 0.29) is 23.1 Å². The predicted octanol–water partition coefficient (Wildman–Crippen LogP) is 8.43. The Morgan fingerprint density at radius 2 is 0.795 bits per heavy atom. The molecule has 0 bridgehead atoms. The van der Waals surface area contributed by atoms with Crippen molar-refractivity contribution in [3.8, 4) is 0 Å². The first-order valence-electron chi connectivity index (χ1n) is 12.7. The first-order valence-corrected chi connectivity index (χ1v) is 21.7. The van der Waals surface area contributed by atoms with Crippen molar-refractivity contribution in [2.24, 2.45) is 0 Å². The lowest BCUT2D eigenvalue weighted by atomic mass is 10.1. The van der Waals surface area contributed by atoms with Gasteiger partial charge in [0.2, 0.25) is 0 Å². The molecular formula is C30H14O4S10. The maximum absolute atomic E-state index is 12.6. The highest BCUT2D eigenvalue weighted by atomic mass is 32.3. The molecule has 0 unspecified atom stereocenters. The van der Waals surface area contributed by atoms with Crippen LogP contribution in [0.2, 0.25) is 0 Å². The van der Waals surface area contributed by atoms with Gasteiger partial charge in [-0.05, 0) is 59.7 Å². The number of ketones is 4. The zero-order chi connectivity index (χ0) is 30.3. The summed E-state index contributed by atoms with van der Waals surface area (Å²) in [6, 6.07) is 8.53. The van der Waals surface area contributed by atoms with Crippen LogP contribution in [-0.4, -0.2) is 35.6 Å². The van der Waals surface area contributed by atoms with Gasteiger partial charge in [-0.15, -0.1) is 23.5 Å². The number of rotatable bonds is 2. The van der Waals surface area contributed by atoms with Crippen LogP contribution in [-0.2, 0) is 19.2 Å². The fraction of sp³-hybridized carbons (Fsp3) is 0.0667. The number of hydrogen-bond donors (Lipinski definition) is 0. The van der Waals surface area contributed by atoms with Gasteiger partial charge in [0.1, 0.15) is 0 Å². The van der Waals surface area contributed by atoms with Crippen LogP contribution >= 0.6 is 118 Å². The molecule has 0 saturated heterocycles. The average Bonchev–Trinajstić information content (AvgIpc) is 3.83. The van der Waals surface area contributed by atoms with Gasteiger partial charge in [-0.3, -0.25) is 19.2 Å². The lowest BCUT2D eigenvalue weighted by Gasteiger charge is -2.08. The third kappa shape index (κ3) is 5.06. The van der Waals surface area contributed by atoms with Crippen molar-refractivity contribution in [2.75, 3.05) is 12.5 Å². The summed E-state index contributed by atoms with van der Waals surface area (Å²) in [7, 11) is 0. The van der Waals surface area contributed by atoms with Crippen molar-refractivity contribution < 1.29 is 19.2 Å². The molecule has 0 saturated carbocycles. The molecular weight excluding hydrogens is 745 g/mol. The molecule has 2 aromatic carbocycles. The van der Waals surface area contributed by atoms with E-state index in [1.807, 2.05) is 35.7 Å². The van der Waals surface area contributed by atoms with E-state index in [4.69, 9.17) is 0 Å². The lowest BCUT2D eigenvalue weighted by Crippen LogP contribution is -2.14. The van der Waals surface area contributed by atoms with E-state index in [0.717, 1.165) is 39.5 Å². The number of thioether (sulfide) groups is 10. The summed E-state index contributed by atoms with van der Waals surface area (Å²) in [5, 5.41) is 3.95. The van der Waals surface area contributed by atoms with Crippen molar-refractivity contribution in [3.63, 3.8) is 0 Å². The smallest absolute Gasteiger partial charge is 0.193 e. The van der Waals surface area contributed by atoms with Gasteiger partial charge < -0.3 is 0 Å². The fourth-order valence-electron chi connectivity index (χ4n) is 4.85. The van der Waals surface area contributed by atoms with Crippen molar-refractivity contribution in [2.45, 2.75) is 9.79 Å². The second kappa shape index (κ2) is 11.9. The zero-order valence-electron chi connectivity index (χ0n) is 22.3. The molecule has 14 heteroatoms. The molecule has 8 rings (SSSR count). The van der Waals surface area contributed by atoms with E-state index < -0.39 is 0 Å². The minimum atomic E-state index is -0.138. The lowest BCUT2D eigenvalue weighted by molar-refractivity contribution is -0.114. The van der Waals surface area contributed by atoms with Crippen LogP contribution in [0, 0.1) is 0 Å². The normalized spacial score (nSPS) is 21.3. The molecule has 218 valence electrons. The van der Waals surface area contributed by atoms with Gasteiger partial charge in [-0.1, -0.05) is 106 Å². The summed E-state index contributed by atoms with van der Waals surface area (Å²) in [4.78, 5) is 54.8. The van der Waals surface area contributed by atoms with Crippen molar-refractivity contribution >= 4 is 160 Å². The van der Waals surface area contributed by atoms with Crippen LogP contribution in [0.4, 0.5) is 0 Å². The molecule has 0 fully saturated rings. The molecule has 0 atom stereocenters. The standard InChI is InChI=1S/C30H14O4S10/c1-35-27-28(36-2)44-30(43-27)29-37-19-9-13-11(25-39-21-15(31)5-6-16(32)22(21)40-25)3-4-12(14(13)10-20(19)38-29)26-41-23-17(33)7-8-18(34)24(23)42-26/h3-10H,1-2H3. The topological polar surface area (TPSA) is 68.3 Å². The molecule has 4 heterocycles. The van der Waals surface area contributed by atoms with Crippen LogP contribution in [0.5, 0.6) is 0 Å². The average molecular weight is 759 g/mol. The Bertz CT molecular complexity index is 1950. The molecule has 0 spiro atoms. The highest BCUT2D eigenvalue weighted by Crippen LogP contribution is 2.64. The molecule has 2 aromatic rings. The van der Waals surface area contributed by atoms with E-state index in [2.05, 4.69) is 24.6 Å². The van der Waals surface area contributed by atoms with Gasteiger partial charge in [0.15, 0.2) is 23.1 Å². The molecule has 4 nitrogen and oxygen atoms in total. The Labute approximate surface area is 294 Å². The van der Waals surface area contributed by atoms with Crippen LogP contribution in [0.3, 0.4) is 0 Å². The Hall–Kier alpha value is -0.940. The van der Waals surface area contributed by atoms with Gasteiger partial charge in [-0.2, -0.15) is 0 Å². The monoisotopic (exact) mass is 758 g/mol. The number of fused-ring (bicyclic) bond motifs is 2. The number of carbonyl (C=O) groups excluding carboxylic acids is 4. The first-order chi connectivity index (χ1) is 21.3. The van der Waals surface area contributed by atoms with E-state index in [1.54, 1.807) is 47.0 Å². The third-order valence-corrected chi connectivity index (χ3v) is 20.4. The minimum absolute atomic E-state index is 0.138. The first kappa shape index (κ1) is 30.4. The summed E-state index contributed by atoms with van der Waals surface area (Å²) < 4.78 is 7.02. The molecule has 0 amide bonds. The largest absolute Gasteiger partial charge is 0.289 e. The maximum atomic E-state index is 12.6. The minimum Gasteiger partial charge on any atom is -0.289 e. The highest BCUT2D eigenvalue weighted by molar-refractivity contribution is 8.42. The summed E-state index contributed by atoms with van der Waals surface area (Å²) >= 11 is 16.3. The quantitative estimate of drug-likeness (QED) is 0.275. The van der Waals surface area contributed by atoms with Crippen molar-refractivity contribution in [3.05, 3.63) is 95.6 Å². The Balaban J connectivity index is 1.29. The molecule has 2 aliphatic carbocycles. The number of allylic oxidation sites excluding steroid dienone is 8. The fourth-order valence-corrected chi connectivity index (χ4v) is 17.9.